The molecule has 0 bridgehead atoms. The van der Waals surface area contributed by atoms with Crippen molar-refractivity contribution >= 4 is 5.91 Å². The molecule has 5 heteroatoms. The zero-order chi connectivity index (χ0) is 16.4. The van der Waals surface area contributed by atoms with Gasteiger partial charge in [0.05, 0.1) is 23.1 Å². The quantitative estimate of drug-likeness (QED) is 0.942. The van der Waals surface area contributed by atoms with Gasteiger partial charge in [0.25, 0.3) is 5.91 Å². The molecule has 0 aromatic carbocycles. The number of likely N-dealkylation sites (N-methyl/N-ethyl adjacent to an activating group) is 1. The van der Waals surface area contributed by atoms with Crippen LogP contribution in [0.15, 0.2) is 34.9 Å². The van der Waals surface area contributed by atoms with Crippen molar-refractivity contribution in [1.29, 1.82) is 0 Å². The van der Waals surface area contributed by atoms with Crippen molar-refractivity contribution < 1.29 is 14.3 Å². The fourth-order valence-corrected chi connectivity index (χ4v) is 3.26. The summed E-state index contributed by atoms with van der Waals surface area (Å²) in [6.45, 7) is 2.18. The van der Waals surface area contributed by atoms with Crippen molar-refractivity contribution in [3.8, 4) is 11.5 Å². The number of nitrogens with zero attached hydrogens (tertiary/aromatic N) is 2. The van der Waals surface area contributed by atoms with Crippen molar-refractivity contribution in [2.75, 3.05) is 13.6 Å². The molecule has 0 unspecified atom stereocenters. The topological polar surface area (TPSA) is 66.6 Å². The Morgan fingerprint density at radius 1 is 1.35 bits per heavy atom. The third-order valence-electron chi connectivity index (χ3n) is 4.50. The van der Waals surface area contributed by atoms with E-state index in [9.17, 15) is 9.90 Å². The summed E-state index contributed by atoms with van der Waals surface area (Å²) < 4.78 is 5.33. The Bertz CT molecular complexity index is 688. The van der Waals surface area contributed by atoms with Crippen molar-refractivity contribution in [1.82, 2.24) is 9.88 Å². The molecule has 2 aromatic heterocycles. The summed E-state index contributed by atoms with van der Waals surface area (Å²) in [4.78, 5) is 18.7. The minimum atomic E-state index is -0.736. The Morgan fingerprint density at radius 2 is 2.09 bits per heavy atom. The number of carbonyl (C=O) groups excluding carboxylic acids is 1. The van der Waals surface area contributed by atoms with Crippen LogP contribution in [-0.2, 0) is 0 Å². The molecule has 0 aliphatic heterocycles. The summed E-state index contributed by atoms with van der Waals surface area (Å²) >= 11 is 0. The average Bonchev–Trinajstić information content (AvgIpc) is 3.18. The Kier molecular flexibility index (Phi) is 4.22. The van der Waals surface area contributed by atoms with E-state index in [1.165, 1.54) is 0 Å². The summed E-state index contributed by atoms with van der Waals surface area (Å²) in [6, 6.07) is 7.21. The molecule has 5 nitrogen and oxygen atoms in total. The number of pyridine rings is 1. The van der Waals surface area contributed by atoms with Crippen LogP contribution in [0.4, 0.5) is 0 Å². The van der Waals surface area contributed by atoms with Crippen LogP contribution in [0.1, 0.15) is 41.7 Å². The third-order valence-corrected chi connectivity index (χ3v) is 4.50. The Labute approximate surface area is 135 Å². The van der Waals surface area contributed by atoms with Gasteiger partial charge in [-0.15, -0.1) is 0 Å². The Balaban J connectivity index is 1.76. The Morgan fingerprint density at radius 3 is 2.70 bits per heavy atom. The summed E-state index contributed by atoms with van der Waals surface area (Å²) in [5, 5.41) is 10.5. The molecule has 0 saturated heterocycles. The fourth-order valence-electron chi connectivity index (χ4n) is 3.26. The first-order valence-electron chi connectivity index (χ1n) is 7.98. The first-order valence-corrected chi connectivity index (χ1v) is 7.98. The summed E-state index contributed by atoms with van der Waals surface area (Å²) in [7, 11) is 1.73. The zero-order valence-electron chi connectivity index (χ0n) is 13.6. The van der Waals surface area contributed by atoms with E-state index in [2.05, 4.69) is 4.98 Å². The second kappa shape index (κ2) is 6.16. The average molecular weight is 314 g/mol. The molecule has 1 fully saturated rings. The molecule has 23 heavy (non-hydrogen) atoms. The lowest BCUT2D eigenvalue weighted by molar-refractivity contribution is 0.0156. The number of aromatic nitrogens is 1. The van der Waals surface area contributed by atoms with Gasteiger partial charge in [0.2, 0.25) is 0 Å². The summed E-state index contributed by atoms with van der Waals surface area (Å²) in [5.74, 6) is 0.571. The monoisotopic (exact) mass is 314 g/mol. The predicted molar refractivity (Wildman–Crippen MR) is 87.1 cm³/mol. The van der Waals surface area contributed by atoms with Crippen molar-refractivity contribution in [2.24, 2.45) is 0 Å². The third kappa shape index (κ3) is 3.29. The van der Waals surface area contributed by atoms with Crippen LogP contribution in [0, 0.1) is 6.92 Å². The van der Waals surface area contributed by atoms with Crippen LogP contribution in [0.5, 0.6) is 0 Å². The van der Waals surface area contributed by atoms with Crippen LogP contribution in [0.3, 0.4) is 0 Å². The normalized spacial score (nSPS) is 16.5. The molecule has 3 rings (SSSR count). The molecule has 1 amide bonds. The minimum Gasteiger partial charge on any atom is -0.463 e. The maximum absolute atomic E-state index is 12.6. The lowest BCUT2D eigenvalue weighted by atomic mass is 10.0. The SMILES string of the molecule is Cc1nc(-c2ccco2)ccc1C(=O)N(C)CC1(O)CCCC1. The highest BCUT2D eigenvalue weighted by Gasteiger charge is 2.33. The van der Waals surface area contributed by atoms with Crippen LogP contribution in [0.2, 0.25) is 0 Å². The van der Waals surface area contributed by atoms with Crippen LogP contribution in [-0.4, -0.2) is 40.1 Å². The molecule has 1 saturated carbocycles. The van der Waals surface area contributed by atoms with E-state index in [-0.39, 0.29) is 5.91 Å². The van der Waals surface area contributed by atoms with E-state index in [0.29, 0.717) is 29.3 Å². The van der Waals surface area contributed by atoms with Gasteiger partial charge in [-0.05, 0) is 44.0 Å². The maximum atomic E-state index is 12.6. The number of aliphatic hydroxyl groups is 1. The van der Waals surface area contributed by atoms with E-state index in [1.807, 2.05) is 19.1 Å². The van der Waals surface area contributed by atoms with Gasteiger partial charge in [0.1, 0.15) is 5.69 Å². The molecule has 0 atom stereocenters. The molecule has 2 heterocycles. The molecule has 122 valence electrons. The number of aryl methyl sites for hydroxylation is 1. The predicted octanol–water partition coefficient (Wildman–Crippen LogP) is 3.03. The molecule has 0 spiro atoms. The number of hydrogen-bond acceptors (Lipinski definition) is 4. The fraction of sp³-hybridized carbons (Fsp3) is 0.444. The largest absolute Gasteiger partial charge is 0.463 e. The molecule has 2 aromatic rings. The van der Waals surface area contributed by atoms with Gasteiger partial charge in [-0.2, -0.15) is 0 Å². The zero-order valence-corrected chi connectivity index (χ0v) is 13.6. The van der Waals surface area contributed by atoms with E-state index in [1.54, 1.807) is 30.3 Å². The van der Waals surface area contributed by atoms with Gasteiger partial charge in [0, 0.05) is 13.6 Å². The number of amides is 1. The first-order chi connectivity index (χ1) is 11.0. The molecule has 1 aliphatic carbocycles. The standard InChI is InChI=1S/C18H22N2O3/c1-13-14(7-8-15(19-13)16-6-5-11-23-16)17(21)20(2)12-18(22)9-3-4-10-18/h5-8,11,22H,3-4,9-10,12H2,1-2H3. The van der Waals surface area contributed by atoms with Gasteiger partial charge >= 0.3 is 0 Å². The first kappa shape index (κ1) is 15.7. The molecule has 0 radical (unpaired) electrons. The summed E-state index contributed by atoms with van der Waals surface area (Å²) in [5.41, 5.74) is 1.19. The smallest absolute Gasteiger partial charge is 0.255 e. The second-order valence-corrected chi connectivity index (χ2v) is 6.40. The number of hydrogen-bond donors (Lipinski definition) is 1. The Hall–Kier alpha value is -2.14. The van der Waals surface area contributed by atoms with Crippen molar-refractivity contribution in [2.45, 2.75) is 38.2 Å². The van der Waals surface area contributed by atoms with Crippen molar-refractivity contribution in [3.63, 3.8) is 0 Å². The van der Waals surface area contributed by atoms with E-state index in [0.717, 1.165) is 25.7 Å². The maximum Gasteiger partial charge on any atom is 0.255 e. The van der Waals surface area contributed by atoms with E-state index in [4.69, 9.17) is 4.42 Å². The number of rotatable bonds is 4. The van der Waals surface area contributed by atoms with Gasteiger partial charge in [-0.3, -0.25) is 4.79 Å². The van der Waals surface area contributed by atoms with Crippen molar-refractivity contribution in [3.05, 3.63) is 41.8 Å². The summed E-state index contributed by atoms with van der Waals surface area (Å²) in [6.07, 6.45) is 5.17. The van der Waals surface area contributed by atoms with Gasteiger partial charge in [-0.25, -0.2) is 4.98 Å². The molecule has 1 N–H and O–H groups in total. The highest BCUT2D eigenvalue weighted by Crippen LogP contribution is 2.30. The van der Waals surface area contributed by atoms with Crippen LogP contribution < -0.4 is 0 Å². The van der Waals surface area contributed by atoms with Crippen LogP contribution in [0.25, 0.3) is 11.5 Å². The van der Waals surface area contributed by atoms with Crippen LogP contribution >= 0.6 is 0 Å². The lowest BCUT2D eigenvalue weighted by Crippen LogP contribution is -2.42. The van der Waals surface area contributed by atoms with E-state index < -0.39 is 5.60 Å². The highest BCUT2D eigenvalue weighted by atomic mass is 16.3. The molecular weight excluding hydrogens is 292 g/mol. The number of furan rings is 1. The van der Waals surface area contributed by atoms with Gasteiger partial charge < -0.3 is 14.4 Å². The lowest BCUT2D eigenvalue weighted by Gasteiger charge is -2.29. The molecule has 1 aliphatic rings. The minimum absolute atomic E-state index is 0.110. The van der Waals surface area contributed by atoms with Gasteiger partial charge in [-0.1, -0.05) is 12.8 Å². The van der Waals surface area contributed by atoms with Gasteiger partial charge in [0.15, 0.2) is 5.76 Å². The second-order valence-electron chi connectivity index (χ2n) is 6.40. The van der Waals surface area contributed by atoms with E-state index >= 15 is 0 Å². The molecular formula is C18H22N2O3. The highest BCUT2D eigenvalue weighted by molar-refractivity contribution is 5.95. The number of carbonyl (C=O) groups is 1.